The first-order valence-corrected chi connectivity index (χ1v) is 6.98. The van der Waals surface area contributed by atoms with Crippen molar-refractivity contribution in [3.63, 3.8) is 0 Å². The van der Waals surface area contributed by atoms with Crippen LogP contribution in [0.4, 0.5) is 0 Å². The highest BCUT2D eigenvalue weighted by molar-refractivity contribution is 6.63. The van der Waals surface area contributed by atoms with Crippen molar-refractivity contribution in [3.05, 3.63) is 12.2 Å². The summed E-state index contributed by atoms with van der Waals surface area (Å²) in [6.45, 7) is 2.22. The molecule has 0 aromatic carbocycles. The quantitative estimate of drug-likeness (QED) is 0.276. The lowest BCUT2D eigenvalue weighted by atomic mass is 10.1. The first-order chi connectivity index (χ1) is 7.77. The van der Waals surface area contributed by atoms with Crippen LogP contribution in [0.1, 0.15) is 71.1 Å². The van der Waals surface area contributed by atoms with Gasteiger partial charge in [-0.1, -0.05) is 51.2 Å². The van der Waals surface area contributed by atoms with Crippen molar-refractivity contribution in [1.29, 1.82) is 0 Å². The third-order valence-corrected chi connectivity index (χ3v) is 2.82. The third kappa shape index (κ3) is 13.7. The second-order valence-corrected chi connectivity index (χ2v) is 4.70. The van der Waals surface area contributed by atoms with Crippen molar-refractivity contribution in [2.24, 2.45) is 0 Å². The van der Waals surface area contributed by atoms with Crippen LogP contribution >= 0.6 is 11.6 Å². The lowest BCUT2D eigenvalue weighted by Crippen LogP contribution is -1.86. The highest BCUT2D eigenvalue weighted by Gasteiger charge is 1.95. The lowest BCUT2D eigenvalue weighted by molar-refractivity contribution is -0.111. The predicted molar refractivity (Wildman–Crippen MR) is 71.8 cm³/mol. The van der Waals surface area contributed by atoms with Crippen LogP contribution in [0, 0.1) is 0 Å². The molecule has 0 aliphatic heterocycles. The van der Waals surface area contributed by atoms with Gasteiger partial charge in [-0.2, -0.15) is 0 Å². The maximum atomic E-state index is 10.5. The Morgan fingerprint density at radius 3 is 2.12 bits per heavy atom. The molecule has 1 nitrogen and oxygen atoms in total. The second-order valence-electron chi connectivity index (χ2n) is 4.28. The van der Waals surface area contributed by atoms with E-state index in [0.717, 1.165) is 12.8 Å². The molecular formula is C14H25ClO. The van der Waals surface area contributed by atoms with Crippen LogP contribution in [-0.2, 0) is 4.79 Å². The third-order valence-electron chi connectivity index (χ3n) is 2.64. The normalized spacial score (nSPS) is 11.1. The molecule has 0 aromatic heterocycles. The Balaban J connectivity index is 3.03. The number of allylic oxidation sites excluding steroid dienone is 2. The molecule has 0 radical (unpaired) electrons. The summed E-state index contributed by atoms with van der Waals surface area (Å²) in [5.74, 6) is 0. The van der Waals surface area contributed by atoms with E-state index in [-0.39, 0.29) is 5.24 Å². The van der Waals surface area contributed by atoms with Gasteiger partial charge in [-0.15, -0.1) is 0 Å². The minimum atomic E-state index is -0.196. The molecule has 0 aromatic rings. The van der Waals surface area contributed by atoms with Crippen molar-refractivity contribution < 1.29 is 4.79 Å². The average molecular weight is 245 g/mol. The van der Waals surface area contributed by atoms with Gasteiger partial charge in [-0.25, -0.2) is 0 Å². The van der Waals surface area contributed by atoms with Gasteiger partial charge in [0.05, 0.1) is 0 Å². The van der Waals surface area contributed by atoms with Crippen LogP contribution in [0.3, 0.4) is 0 Å². The molecule has 0 aliphatic rings. The molecule has 0 aliphatic carbocycles. The molecule has 16 heavy (non-hydrogen) atoms. The van der Waals surface area contributed by atoms with E-state index in [0.29, 0.717) is 6.42 Å². The molecule has 0 N–H and O–H groups in total. The van der Waals surface area contributed by atoms with Crippen LogP contribution in [0.15, 0.2) is 12.2 Å². The van der Waals surface area contributed by atoms with E-state index < -0.39 is 0 Å². The Morgan fingerprint density at radius 2 is 1.50 bits per heavy atom. The summed E-state index contributed by atoms with van der Waals surface area (Å²) in [6.07, 6.45) is 16.0. The van der Waals surface area contributed by atoms with Crippen molar-refractivity contribution in [2.45, 2.75) is 71.1 Å². The number of hydrogen-bond acceptors (Lipinski definition) is 1. The molecule has 0 bridgehead atoms. The van der Waals surface area contributed by atoms with Gasteiger partial charge in [-0.3, -0.25) is 4.79 Å². The Morgan fingerprint density at radius 1 is 0.938 bits per heavy atom. The molecule has 94 valence electrons. The van der Waals surface area contributed by atoms with Crippen molar-refractivity contribution >= 4 is 16.8 Å². The Bertz CT molecular complexity index is 187. The van der Waals surface area contributed by atoms with Crippen molar-refractivity contribution in [2.75, 3.05) is 0 Å². The largest absolute Gasteiger partial charge is 0.281 e. The lowest BCUT2D eigenvalue weighted by Gasteiger charge is -1.98. The van der Waals surface area contributed by atoms with Gasteiger partial charge >= 0.3 is 0 Å². The maximum absolute atomic E-state index is 10.5. The summed E-state index contributed by atoms with van der Waals surface area (Å²) in [5, 5.41) is -0.196. The SMILES string of the molecule is CCCCC=CCCCCCCCC(=O)Cl. The number of rotatable bonds is 11. The van der Waals surface area contributed by atoms with Crippen LogP contribution in [0.25, 0.3) is 0 Å². The fraction of sp³-hybridized carbons (Fsp3) is 0.786. The predicted octanol–water partition coefficient (Wildman–Crippen LogP) is 5.23. The van der Waals surface area contributed by atoms with E-state index in [9.17, 15) is 4.79 Å². The number of carbonyl (C=O) groups is 1. The van der Waals surface area contributed by atoms with Gasteiger partial charge in [-0.05, 0) is 37.3 Å². The summed E-state index contributed by atoms with van der Waals surface area (Å²) in [5.41, 5.74) is 0. The van der Waals surface area contributed by atoms with E-state index in [2.05, 4.69) is 19.1 Å². The molecule has 0 unspecified atom stereocenters. The summed E-state index contributed by atoms with van der Waals surface area (Å²) in [7, 11) is 0. The van der Waals surface area contributed by atoms with Gasteiger partial charge in [0.1, 0.15) is 0 Å². The van der Waals surface area contributed by atoms with Crippen LogP contribution in [0.2, 0.25) is 0 Å². The zero-order valence-corrected chi connectivity index (χ0v) is 11.3. The first-order valence-electron chi connectivity index (χ1n) is 6.60. The molecule has 2 heteroatoms. The Kier molecular flexibility index (Phi) is 12.5. The molecular weight excluding hydrogens is 220 g/mol. The van der Waals surface area contributed by atoms with Gasteiger partial charge < -0.3 is 0 Å². The number of unbranched alkanes of at least 4 members (excludes halogenated alkanes) is 7. The molecule has 0 spiro atoms. The van der Waals surface area contributed by atoms with Gasteiger partial charge in [0.2, 0.25) is 5.24 Å². The Hall–Kier alpha value is -0.300. The smallest absolute Gasteiger partial charge is 0.221 e. The average Bonchev–Trinajstić information content (AvgIpc) is 2.25. The standard InChI is InChI=1S/C14H25ClO/c1-2-3-4-5-6-7-8-9-10-11-12-13-14(15)16/h5-6H,2-4,7-13H2,1H3. The molecule has 0 atom stereocenters. The topological polar surface area (TPSA) is 17.1 Å². The second kappa shape index (κ2) is 12.8. The molecule has 0 heterocycles. The molecule has 0 amide bonds. The highest BCUT2D eigenvalue weighted by atomic mass is 35.5. The molecule has 0 fully saturated rings. The van der Waals surface area contributed by atoms with E-state index in [1.54, 1.807) is 0 Å². The monoisotopic (exact) mass is 244 g/mol. The van der Waals surface area contributed by atoms with E-state index in [4.69, 9.17) is 11.6 Å². The fourth-order valence-electron chi connectivity index (χ4n) is 1.61. The number of halogens is 1. The molecule has 0 rings (SSSR count). The summed E-state index contributed by atoms with van der Waals surface area (Å²) in [4.78, 5) is 10.5. The Labute approximate surface area is 105 Å². The van der Waals surface area contributed by atoms with E-state index in [1.165, 1.54) is 44.9 Å². The minimum Gasteiger partial charge on any atom is -0.281 e. The molecule has 0 saturated carbocycles. The van der Waals surface area contributed by atoms with Crippen molar-refractivity contribution in [1.82, 2.24) is 0 Å². The summed E-state index contributed by atoms with van der Waals surface area (Å²) in [6, 6.07) is 0. The first kappa shape index (κ1) is 15.7. The van der Waals surface area contributed by atoms with Gasteiger partial charge in [0.15, 0.2) is 0 Å². The highest BCUT2D eigenvalue weighted by Crippen LogP contribution is 2.08. The van der Waals surface area contributed by atoms with Crippen LogP contribution < -0.4 is 0 Å². The van der Waals surface area contributed by atoms with Gasteiger partial charge in [0, 0.05) is 6.42 Å². The maximum Gasteiger partial charge on any atom is 0.221 e. The number of carbonyl (C=O) groups excluding carboxylic acids is 1. The summed E-state index contributed by atoms with van der Waals surface area (Å²) >= 11 is 5.25. The van der Waals surface area contributed by atoms with E-state index in [1.807, 2.05) is 0 Å². The summed E-state index contributed by atoms with van der Waals surface area (Å²) < 4.78 is 0. The van der Waals surface area contributed by atoms with Crippen LogP contribution in [0.5, 0.6) is 0 Å². The minimum absolute atomic E-state index is 0.196. The zero-order valence-electron chi connectivity index (χ0n) is 10.5. The van der Waals surface area contributed by atoms with E-state index >= 15 is 0 Å². The van der Waals surface area contributed by atoms with Gasteiger partial charge in [0.25, 0.3) is 0 Å². The molecule has 0 saturated heterocycles. The van der Waals surface area contributed by atoms with Crippen molar-refractivity contribution in [3.8, 4) is 0 Å². The van der Waals surface area contributed by atoms with Crippen LogP contribution in [-0.4, -0.2) is 5.24 Å². The number of hydrogen-bond donors (Lipinski definition) is 0. The zero-order chi connectivity index (χ0) is 12.1. The fourth-order valence-corrected chi connectivity index (χ4v) is 1.75.